The number of urea groups is 1. The third-order valence-corrected chi connectivity index (χ3v) is 2.58. The third-order valence-electron chi connectivity index (χ3n) is 2.58. The van der Waals surface area contributed by atoms with Crippen molar-refractivity contribution in [3.05, 3.63) is 36.6 Å². The molecule has 0 aliphatic carbocycles. The van der Waals surface area contributed by atoms with Crippen LogP contribution in [0.2, 0.25) is 0 Å². The molecular weight excluding hydrogens is 214 g/mol. The van der Waals surface area contributed by atoms with E-state index in [2.05, 4.69) is 22.5 Å². The zero-order valence-corrected chi connectivity index (χ0v) is 10.3. The van der Waals surface area contributed by atoms with Crippen molar-refractivity contribution in [2.24, 2.45) is 0 Å². The van der Waals surface area contributed by atoms with Crippen LogP contribution in [0.1, 0.15) is 19.8 Å². The second-order valence-electron chi connectivity index (χ2n) is 3.98. The number of nitrogens with one attached hydrogen (secondary N) is 3. The Morgan fingerprint density at radius 3 is 2.71 bits per heavy atom. The van der Waals surface area contributed by atoms with Gasteiger partial charge in [-0.25, -0.2) is 4.79 Å². The zero-order valence-electron chi connectivity index (χ0n) is 10.3. The number of piperidine rings is 1. The number of hydrogen-bond donors (Lipinski definition) is 3. The maximum Gasteiger partial charge on any atom is 0.319 e. The summed E-state index contributed by atoms with van der Waals surface area (Å²) in [5.41, 5.74) is 0.744. The topological polar surface area (TPSA) is 53.2 Å². The fraction of sp³-hybridized carbons (Fsp3) is 0.462. The highest BCUT2D eigenvalue weighted by Gasteiger charge is 2.14. The van der Waals surface area contributed by atoms with Gasteiger partial charge in [-0.15, -0.1) is 0 Å². The molecule has 0 aromatic heterocycles. The molecule has 2 amide bonds. The van der Waals surface area contributed by atoms with Gasteiger partial charge in [0.2, 0.25) is 0 Å². The van der Waals surface area contributed by atoms with Crippen LogP contribution in [0.15, 0.2) is 36.6 Å². The molecule has 1 aliphatic heterocycles. The fourth-order valence-electron chi connectivity index (χ4n) is 1.76. The number of rotatable bonds is 4. The summed E-state index contributed by atoms with van der Waals surface area (Å²) in [4.78, 5) is 11.7. The van der Waals surface area contributed by atoms with Crippen LogP contribution >= 0.6 is 0 Å². The maximum absolute atomic E-state index is 11.7. The number of carbonyl (C=O) groups excluding carboxylic acids is 1. The van der Waals surface area contributed by atoms with Crippen LogP contribution < -0.4 is 16.0 Å². The standard InChI is InChI=1S/C13H21N3O/c1-3-5-11(6-4-2)15-13(17)16-12-7-9-14-10-8-12/h3-6,12,14H,1,7-10H2,2H3,(H2,15,16,17)/b6-4-,11-5+. The van der Waals surface area contributed by atoms with Crippen LogP contribution in [-0.2, 0) is 0 Å². The molecule has 4 nitrogen and oxygen atoms in total. The highest BCUT2D eigenvalue weighted by atomic mass is 16.2. The van der Waals surface area contributed by atoms with E-state index in [0.29, 0.717) is 0 Å². The van der Waals surface area contributed by atoms with Gasteiger partial charge in [0, 0.05) is 11.7 Å². The molecule has 0 radical (unpaired) electrons. The van der Waals surface area contributed by atoms with E-state index in [1.54, 1.807) is 12.2 Å². The minimum absolute atomic E-state index is 0.150. The van der Waals surface area contributed by atoms with Crippen LogP contribution in [0.3, 0.4) is 0 Å². The summed E-state index contributed by atoms with van der Waals surface area (Å²) in [6, 6.07) is 0.120. The summed E-state index contributed by atoms with van der Waals surface area (Å²) in [6.45, 7) is 7.46. The van der Waals surface area contributed by atoms with Gasteiger partial charge in [0.25, 0.3) is 0 Å². The Balaban J connectivity index is 2.41. The lowest BCUT2D eigenvalue weighted by Crippen LogP contribution is -2.46. The molecule has 0 unspecified atom stereocenters. The molecule has 3 N–H and O–H groups in total. The van der Waals surface area contributed by atoms with E-state index in [9.17, 15) is 4.79 Å². The maximum atomic E-state index is 11.7. The summed E-state index contributed by atoms with van der Waals surface area (Å²) >= 11 is 0. The number of carbonyl (C=O) groups is 1. The summed E-state index contributed by atoms with van der Waals surface area (Å²) in [5.74, 6) is 0. The van der Waals surface area contributed by atoms with Crippen molar-refractivity contribution < 1.29 is 4.79 Å². The summed E-state index contributed by atoms with van der Waals surface area (Å²) < 4.78 is 0. The van der Waals surface area contributed by atoms with E-state index in [0.717, 1.165) is 31.6 Å². The zero-order chi connectivity index (χ0) is 12.5. The first-order valence-corrected chi connectivity index (χ1v) is 6.00. The molecule has 1 rings (SSSR count). The SMILES string of the molecule is C=C/C=C(\C=C/C)NC(=O)NC1CCNCC1. The number of amides is 2. The quantitative estimate of drug-likeness (QED) is 0.649. The number of hydrogen-bond acceptors (Lipinski definition) is 2. The Kier molecular flexibility index (Phi) is 6.10. The second-order valence-corrected chi connectivity index (χ2v) is 3.98. The molecule has 17 heavy (non-hydrogen) atoms. The molecule has 0 saturated carbocycles. The summed E-state index contributed by atoms with van der Waals surface area (Å²) in [5, 5.41) is 9.03. The Morgan fingerprint density at radius 1 is 1.41 bits per heavy atom. The van der Waals surface area contributed by atoms with E-state index in [1.807, 2.05) is 19.1 Å². The third kappa shape index (κ3) is 5.36. The average molecular weight is 235 g/mol. The minimum Gasteiger partial charge on any atom is -0.335 e. The van der Waals surface area contributed by atoms with Gasteiger partial charge in [-0.05, 0) is 45.0 Å². The normalized spacial score (nSPS) is 18.1. The van der Waals surface area contributed by atoms with Crippen LogP contribution in [-0.4, -0.2) is 25.2 Å². The first-order chi connectivity index (χ1) is 8.26. The van der Waals surface area contributed by atoms with Gasteiger partial charge in [0.1, 0.15) is 0 Å². The minimum atomic E-state index is -0.150. The van der Waals surface area contributed by atoms with E-state index >= 15 is 0 Å². The summed E-state index contributed by atoms with van der Waals surface area (Å²) in [6.07, 6.45) is 9.10. The smallest absolute Gasteiger partial charge is 0.319 e. The van der Waals surface area contributed by atoms with Gasteiger partial charge in [0.05, 0.1) is 0 Å². The summed E-state index contributed by atoms with van der Waals surface area (Å²) in [7, 11) is 0. The van der Waals surface area contributed by atoms with Gasteiger partial charge in [-0.2, -0.15) is 0 Å². The molecule has 1 saturated heterocycles. The Hall–Kier alpha value is -1.55. The lowest BCUT2D eigenvalue weighted by atomic mass is 10.1. The molecular formula is C13H21N3O. The predicted octanol–water partition coefficient (Wildman–Crippen LogP) is 1.68. The van der Waals surface area contributed by atoms with E-state index < -0.39 is 0 Å². The van der Waals surface area contributed by atoms with E-state index in [4.69, 9.17) is 0 Å². The van der Waals surface area contributed by atoms with E-state index in [1.165, 1.54) is 0 Å². The number of allylic oxidation sites excluding steroid dienone is 4. The molecule has 4 heteroatoms. The molecule has 94 valence electrons. The van der Waals surface area contributed by atoms with Gasteiger partial charge < -0.3 is 16.0 Å². The van der Waals surface area contributed by atoms with Crippen LogP contribution in [0.25, 0.3) is 0 Å². The van der Waals surface area contributed by atoms with E-state index in [-0.39, 0.29) is 12.1 Å². The van der Waals surface area contributed by atoms with Crippen molar-refractivity contribution >= 4 is 6.03 Å². The molecule has 1 fully saturated rings. The van der Waals surface area contributed by atoms with Crippen LogP contribution in [0, 0.1) is 0 Å². The molecule has 0 bridgehead atoms. The predicted molar refractivity (Wildman–Crippen MR) is 70.7 cm³/mol. The van der Waals surface area contributed by atoms with Gasteiger partial charge in [-0.3, -0.25) is 0 Å². The molecule has 0 aromatic rings. The Labute approximate surface area is 103 Å². The van der Waals surface area contributed by atoms with Gasteiger partial charge >= 0.3 is 6.03 Å². The van der Waals surface area contributed by atoms with Gasteiger partial charge in [0.15, 0.2) is 0 Å². The fourth-order valence-corrected chi connectivity index (χ4v) is 1.76. The van der Waals surface area contributed by atoms with Crippen LogP contribution in [0.4, 0.5) is 4.79 Å². The first kappa shape index (κ1) is 13.5. The van der Waals surface area contributed by atoms with Crippen molar-refractivity contribution in [2.75, 3.05) is 13.1 Å². The Bertz CT molecular complexity index is 315. The van der Waals surface area contributed by atoms with Crippen molar-refractivity contribution in [2.45, 2.75) is 25.8 Å². The molecule has 1 heterocycles. The molecule has 0 aromatic carbocycles. The van der Waals surface area contributed by atoms with Gasteiger partial charge in [-0.1, -0.05) is 18.7 Å². The average Bonchev–Trinajstić information content (AvgIpc) is 2.30. The largest absolute Gasteiger partial charge is 0.335 e. The second kappa shape index (κ2) is 7.68. The van der Waals surface area contributed by atoms with Crippen LogP contribution in [0.5, 0.6) is 0 Å². The Morgan fingerprint density at radius 2 is 2.12 bits per heavy atom. The first-order valence-electron chi connectivity index (χ1n) is 6.00. The lowest BCUT2D eigenvalue weighted by Gasteiger charge is -2.23. The molecule has 0 atom stereocenters. The highest BCUT2D eigenvalue weighted by Crippen LogP contribution is 2.02. The lowest BCUT2D eigenvalue weighted by molar-refractivity contribution is 0.236. The van der Waals surface area contributed by atoms with Crippen molar-refractivity contribution in [3.8, 4) is 0 Å². The van der Waals surface area contributed by atoms with Crippen molar-refractivity contribution in [1.82, 2.24) is 16.0 Å². The monoisotopic (exact) mass is 235 g/mol. The highest BCUT2D eigenvalue weighted by molar-refractivity contribution is 5.76. The molecule has 0 spiro atoms. The van der Waals surface area contributed by atoms with Crippen molar-refractivity contribution in [1.29, 1.82) is 0 Å². The molecule has 1 aliphatic rings. The van der Waals surface area contributed by atoms with Crippen molar-refractivity contribution in [3.63, 3.8) is 0 Å².